The smallest absolute Gasteiger partial charge is 0.251 e. The number of amides is 1. The third-order valence-electron chi connectivity index (χ3n) is 2.61. The highest BCUT2D eigenvalue weighted by Crippen LogP contribution is 2.08. The molecule has 0 atom stereocenters. The Morgan fingerprint density at radius 3 is 3.00 bits per heavy atom. The Morgan fingerprint density at radius 2 is 2.32 bits per heavy atom. The first kappa shape index (κ1) is 13.1. The van der Waals surface area contributed by atoms with Crippen LogP contribution < -0.4 is 10.1 Å². The van der Waals surface area contributed by atoms with Crippen molar-refractivity contribution in [2.45, 2.75) is 13.5 Å². The molecule has 0 aliphatic rings. The third kappa shape index (κ3) is 3.54. The minimum absolute atomic E-state index is 0.149. The van der Waals surface area contributed by atoms with Gasteiger partial charge in [0.15, 0.2) is 0 Å². The SMILES string of the molecule is COc1cc(C(=O)NCCn2ccc(C)n2)ccn1. The second-order valence-electron chi connectivity index (χ2n) is 4.06. The van der Waals surface area contributed by atoms with Gasteiger partial charge in [-0.25, -0.2) is 4.98 Å². The number of nitrogens with zero attached hydrogens (tertiary/aromatic N) is 3. The molecule has 0 radical (unpaired) electrons. The molecule has 2 aromatic heterocycles. The summed E-state index contributed by atoms with van der Waals surface area (Å²) in [6, 6.07) is 5.18. The Morgan fingerprint density at radius 1 is 1.47 bits per heavy atom. The Balaban J connectivity index is 1.87. The van der Waals surface area contributed by atoms with E-state index in [0.29, 0.717) is 24.5 Å². The number of rotatable bonds is 5. The molecule has 6 nitrogen and oxygen atoms in total. The molecule has 0 saturated carbocycles. The molecule has 0 unspecified atom stereocenters. The number of carbonyl (C=O) groups is 1. The second kappa shape index (κ2) is 5.99. The molecule has 1 N–H and O–H groups in total. The summed E-state index contributed by atoms with van der Waals surface area (Å²) in [4.78, 5) is 15.8. The van der Waals surface area contributed by atoms with Crippen LogP contribution in [-0.4, -0.2) is 34.3 Å². The molecule has 0 aliphatic carbocycles. The molecule has 1 amide bonds. The molecule has 2 heterocycles. The lowest BCUT2D eigenvalue weighted by molar-refractivity contribution is 0.0951. The van der Waals surface area contributed by atoms with Crippen LogP contribution in [-0.2, 0) is 6.54 Å². The minimum Gasteiger partial charge on any atom is -0.481 e. The molecular formula is C13H16N4O2. The molecule has 0 saturated heterocycles. The van der Waals surface area contributed by atoms with Gasteiger partial charge in [-0.1, -0.05) is 0 Å². The van der Waals surface area contributed by atoms with Gasteiger partial charge in [-0.15, -0.1) is 0 Å². The van der Waals surface area contributed by atoms with Crippen LogP contribution in [0.2, 0.25) is 0 Å². The van der Waals surface area contributed by atoms with Gasteiger partial charge in [0.05, 0.1) is 19.3 Å². The number of methoxy groups -OCH3 is 1. The van der Waals surface area contributed by atoms with Gasteiger partial charge in [0.2, 0.25) is 5.88 Å². The van der Waals surface area contributed by atoms with Gasteiger partial charge in [0, 0.05) is 30.6 Å². The van der Waals surface area contributed by atoms with Crippen LogP contribution in [0.15, 0.2) is 30.6 Å². The van der Waals surface area contributed by atoms with Crippen LogP contribution in [0.1, 0.15) is 16.1 Å². The van der Waals surface area contributed by atoms with E-state index in [2.05, 4.69) is 15.4 Å². The molecule has 0 spiro atoms. The maximum atomic E-state index is 11.9. The van der Waals surface area contributed by atoms with Crippen molar-refractivity contribution >= 4 is 5.91 Å². The van der Waals surface area contributed by atoms with E-state index in [1.54, 1.807) is 23.0 Å². The fourth-order valence-corrected chi connectivity index (χ4v) is 1.64. The number of nitrogens with one attached hydrogen (secondary N) is 1. The zero-order valence-electron chi connectivity index (χ0n) is 11.0. The summed E-state index contributed by atoms with van der Waals surface area (Å²) in [6.07, 6.45) is 3.43. The Labute approximate surface area is 111 Å². The highest BCUT2D eigenvalue weighted by Gasteiger charge is 2.06. The zero-order chi connectivity index (χ0) is 13.7. The highest BCUT2D eigenvalue weighted by molar-refractivity contribution is 5.94. The fourth-order valence-electron chi connectivity index (χ4n) is 1.64. The highest BCUT2D eigenvalue weighted by atomic mass is 16.5. The second-order valence-corrected chi connectivity index (χ2v) is 4.06. The minimum atomic E-state index is -0.149. The molecule has 6 heteroatoms. The Kier molecular flexibility index (Phi) is 4.12. The first-order chi connectivity index (χ1) is 9.19. The van der Waals surface area contributed by atoms with Gasteiger partial charge >= 0.3 is 0 Å². The van der Waals surface area contributed by atoms with E-state index >= 15 is 0 Å². The predicted molar refractivity (Wildman–Crippen MR) is 70.1 cm³/mol. The topological polar surface area (TPSA) is 69.0 Å². The van der Waals surface area contributed by atoms with Crippen molar-refractivity contribution in [3.63, 3.8) is 0 Å². The molecule has 2 aromatic rings. The van der Waals surface area contributed by atoms with Crippen LogP contribution in [0.5, 0.6) is 5.88 Å². The van der Waals surface area contributed by atoms with Gasteiger partial charge in [0.25, 0.3) is 5.91 Å². The van der Waals surface area contributed by atoms with Gasteiger partial charge in [-0.05, 0) is 19.1 Å². The lowest BCUT2D eigenvalue weighted by Crippen LogP contribution is -2.27. The van der Waals surface area contributed by atoms with E-state index < -0.39 is 0 Å². The van der Waals surface area contributed by atoms with Crippen LogP contribution in [0, 0.1) is 6.92 Å². The molecule has 19 heavy (non-hydrogen) atoms. The van der Waals surface area contributed by atoms with Gasteiger partial charge in [-0.3, -0.25) is 9.48 Å². The average Bonchev–Trinajstić information content (AvgIpc) is 2.84. The maximum absolute atomic E-state index is 11.9. The van der Waals surface area contributed by atoms with Crippen molar-refractivity contribution in [1.82, 2.24) is 20.1 Å². The first-order valence-electron chi connectivity index (χ1n) is 5.97. The van der Waals surface area contributed by atoms with E-state index in [1.807, 2.05) is 19.2 Å². The lowest BCUT2D eigenvalue weighted by Gasteiger charge is -2.06. The summed E-state index contributed by atoms with van der Waals surface area (Å²) in [7, 11) is 1.52. The van der Waals surface area contributed by atoms with Gasteiger partial charge in [0.1, 0.15) is 0 Å². The fraction of sp³-hybridized carbons (Fsp3) is 0.308. The molecule has 0 fully saturated rings. The molecule has 0 aliphatic heterocycles. The summed E-state index contributed by atoms with van der Waals surface area (Å²) in [6.45, 7) is 3.09. The quantitative estimate of drug-likeness (QED) is 0.871. The Hall–Kier alpha value is -2.37. The van der Waals surface area contributed by atoms with E-state index in [1.165, 1.54) is 7.11 Å². The number of ether oxygens (including phenoxy) is 1. The number of aromatic nitrogens is 3. The zero-order valence-corrected chi connectivity index (χ0v) is 11.0. The van der Waals surface area contributed by atoms with Gasteiger partial charge in [-0.2, -0.15) is 5.10 Å². The van der Waals surface area contributed by atoms with E-state index in [4.69, 9.17) is 4.74 Å². The standard InChI is InChI=1S/C13H16N4O2/c1-10-4-7-17(16-10)8-6-15-13(18)11-3-5-14-12(9-11)19-2/h3-5,7,9H,6,8H2,1-2H3,(H,15,18). The molecule has 2 rings (SSSR count). The van der Waals surface area contributed by atoms with Crippen molar-refractivity contribution in [2.75, 3.05) is 13.7 Å². The van der Waals surface area contributed by atoms with Crippen molar-refractivity contribution in [1.29, 1.82) is 0 Å². The van der Waals surface area contributed by atoms with E-state index in [0.717, 1.165) is 5.69 Å². The predicted octanol–water partition coefficient (Wildman–Crippen LogP) is 1.03. The molecule has 0 aromatic carbocycles. The average molecular weight is 260 g/mol. The van der Waals surface area contributed by atoms with Crippen LogP contribution in [0.3, 0.4) is 0 Å². The van der Waals surface area contributed by atoms with Crippen LogP contribution in [0.25, 0.3) is 0 Å². The summed E-state index contributed by atoms with van der Waals surface area (Å²) in [5.74, 6) is 0.278. The molecule has 100 valence electrons. The van der Waals surface area contributed by atoms with Crippen LogP contribution >= 0.6 is 0 Å². The van der Waals surface area contributed by atoms with E-state index in [-0.39, 0.29) is 5.91 Å². The summed E-state index contributed by atoms with van der Waals surface area (Å²) >= 11 is 0. The van der Waals surface area contributed by atoms with Crippen molar-refractivity contribution in [3.05, 3.63) is 41.9 Å². The summed E-state index contributed by atoms with van der Waals surface area (Å²) in [5.41, 5.74) is 1.49. The van der Waals surface area contributed by atoms with E-state index in [9.17, 15) is 4.79 Å². The van der Waals surface area contributed by atoms with Crippen molar-refractivity contribution < 1.29 is 9.53 Å². The van der Waals surface area contributed by atoms with Crippen molar-refractivity contribution in [2.24, 2.45) is 0 Å². The summed E-state index contributed by atoms with van der Waals surface area (Å²) < 4.78 is 6.77. The van der Waals surface area contributed by atoms with Gasteiger partial charge < -0.3 is 10.1 Å². The molecule has 0 bridgehead atoms. The number of hydrogen-bond donors (Lipinski definition) is 1. The molecular weight excluding hydrogens is 244 g/mol. The number of pyridine rings is 1. The monoisotopic (exact) mass is 260 g/mol. The number of aryl methyl sites for hydroxylation is 1. The Bertz CT molecular complexity index is 565. The maximum Gasteiger partial charge on any atom is 0.251 e. The lowest BCUT2D eigenvalue weighted by atomic mass is 10.2. The normalized spacial score (nSPS) is 10.2. The third-order valence-corrected chi connectivity index (χ3v) is 2.61. The number of hydrogen-bond acceptors (Lipinski definition) is 4. The van der Waals surface area contributed by atoms with Crippen LogP contribution in [0.4, 0.5) is 0 Å². The first-order valence-corrected chi connectivity index (χ1v) is 5.97. The van der Waals surface area contributed by atoms with Crippen molar-refractivity contribution in [3.8, 4) is 5.88 Å². The number of carbonyl (C=O) groups excluding carboxylic acids is 1. The largest absolute Gasteiger partial charge is 0.481 e. The summed E-state index contributed by atoms with van der Waals surface area (Å²) in [5, 5.41) is 7.07.